The Kier molecular flexibility index (Phi) is 15.0. The predicted octanol–water partition coefficient (Wildman–Crippen LogP) is 5.66. The lowest BCUT2D eigenvalue weighted by Gasteiger charge is -2.17. The fraction of sp³-hybridized carbons (Fsp3) is 0.350. The Morgan fingerprint density at radius 3 is 1.23 bits per heavy atom. The van der Waals surface area contributed by atoms with Gasteiger partial charge in [0.2, 0.25) is 0 Å². The third-order valence-corrected chi connectivity index (χ3v) is 10.7. The van der Waals surface area contributed by atoms with Gasteiger partial charge in [0.15, 0.2) is 11.4 Å². The lowest BCUT2D eigenvalue weighted by atomic mass is 9.95. The Morgan fingerprint density at radius 2 is 0.885 bits per heavy atom. The number of ether oxygens (including phenoxy) is 2. The van der Waals surface area contributed by atoms with E-state index < -0.39 is 20.2 Å². The molecule has 0 amide bonds. The summed E-state index contributed by atoms with van der Waals surface area (Å²) in [5.41, 5.74) is 10.4. The van der Waals surface area contributed by atoms with Gasteiger partial charge in [-0.05, 0) is 61.4 Å². The first-order valence-corrected chi connectivity index (χ1v) is 20.2. The van der Waals surface area contributed by atoms with E-state index in [1.807, 2.05) is 13.8 Å². The van der Waals surface area contributed by atoms with Crippen molar-refractivity contribution in [2.24, 2.45) is 0 Å². The van der Waals surface area contributed by atoms with E-state index in [9.17, 15) is 16.8 Å². The summed E-state index contributed by atoms with van der Waals surface area (Å²) >= 11 is 0. The van der Waals surface area contributed by atoms with Crippen molar-refractivity contribution >= 4 is 31.7 Å². The van der Waals surface area contributed by atoms with E-state index in [4.69, 9.17) is 18.6 Å². The van der Waals surface area contributed by atoms with Crippen LogP contribution >= 0.6 is 0 Å². The number of likely N-dealkylation sites (N-methyl/N-ethyl adjacent to an activating group) is 2. The van der Waals surface area contributed by atoms with Crippen LogP contribution in [0.2, 0.25) is 0 Å². The van der Waals surface area contributed by atoms with Gasteiger partial charge in [0, 0.05) is 24.0 Å². The van der Waals surface area contributed by atoms with Gasteiger partial charge in [-0.15, -0.1) is 0 Å². The molecule has 0 radical (unpaired) electrons. The molecular formula is C40H50N2O8S2+2. The van der Waals surface area contributed by atoms with Crippen LogP contribution in [-0.2, 0) is 42.6 Å². The quantitative estimate of drug-likeness (QED) is 0.114. The molecule has 0 spiro atoms. The molecule has 0 saturated heterocycles. The maximum absolute atomic E-state index is 10.5. The van der Waals surface area contributed by atoms with Gasteiger partial charge in [0.1, 0.15) is 27.2 Å². The zero-order chi connectivity index (χ0) is 37.7. The van der Waals surface area contributed by atoms with E-state index in [1.165, 1.54) is 57.9 Å². The fourth-order valence-corrected chi connectivity index (χ4v) is 6.99. The van der Waals surface area contributed by atoms with Crippen LogP contribution in [0.5, 0.6) is 0 Å². The van der Waals surface area contributed by atoms with Gasteiger partial charge in [-0.1, -0.05) is 71.8 Å². The molecule has 0 atom stereocenters. The van der Waals surface area contributed by atoms with Crippen LogP contribution in [0.3, 0.4) is 0 Å². The van der Waals surface area contributed by atoms with E-state index in [1.54, 1.807) is 24.3 Å². The average Bonchev–Trinajstić information content (AvgIpc) is 3.11. The Hall–Kier alpha value is -4.04. The first-order valence-electron chi connectivity index (χ1n) is 17.3. The second-order valence-electron chi connectivity index (χ2n) is 12.9. The molecule has 10 nitrogen and oxygen atoms in total. The van der Waals surface area contributed by atoms with Gasteiger partial charge in [-0.25, -0.2) is 9.15 Å². The number of nitrogens with zero attached hydrogens (tertiary/aromatic N) is 2. The van der Waals surface area contributed by atoms with Crippen LogP contribution in [0, 0.1) is 13.8 Å². The smallest absolute Gasteiger partial charge is 0.294 e. The lowest BCUT2D eigenvalue weighted by molar-refractivity contribution is -0.499. The highest BCUT2D eigenvalue weighted by Gasteiger charge is 2.23. The van der Waals surface area contributed by atoms with Crippen molar-refractivity contribution in [3.8, 4) is 0 Å². The van der Waals surface area contributed by atoms with Gasteiger partial charge >= 0.3 is 0 Å². The summed E-state index contributed by atoms with van der Waals surface area (Å²) in [6, 6.07) is 29.5. The molecule has 2 heterocycles. The van der Waals surface area contributed by atoms with Crippen LogP contribution in [0.4, 0.5) is 0 Å². The van der Waals surface area contributed by atoms with E-state index in [0.29, 0.717) is 13.2 Å². The van der Waals surface area contributed by atoms with E-state index in [-0.39, 0.29) is 9.79 Å². The van der Waals surface area contributed by atoms with E-state index >= 15 is 0 Å². The number of fused-ring (bicyclic) bond motifs is 2. The van der Waals surface area contributed by atoms with Gasteiger partial charge in [0.25, 0.3) is 20.2 Å². The third-order valence-electron chi connectivity index (χ3n) is 8.99. The summed E-state index contributed by atoms with van der Waals surface area (Å²) in [5.74, 6) is 0. The predicted molar refractivity (Wildman–Crippen MR) is 203 cm³/mol. The van der Waals surface area contributed by atoms with Crippen molar-refractivity contribution in [1.82, 2.24) is 0 Å². The van der Waals surface area contributed by atoms with Crippen LogP contribution in [0.1, 0.15) is 46.2 Å². The summed E-state index contributed by atoms with van der Waals surface area (Å²) in [5, 5.41) is 0. The topological polar surface area (TPSA) is 133 Å². The molecule has 0 unspecified atom stereocenters. The highest BCUT2D eigenvalue weighted by atomic mass is 32.2. The largest absolute Gasteiger partial charge is 0.378 e. The molecule has 2 aliphatic rings. The third kappa shape index (κ3) is 12.3. The van der Waals surface area contributed by atoms with E-state index in [0.717, 1.165) is 63.1 Å². The molecule has 52 heavy (non-hydrogen) atoms. The summed E-state index contributed by atoms with van der Waals surface area (Å²) in [7, 11) is -3.67. The maximum Gasteiger partial charge on any atom is 0.294 e. The summed E-state index contributed by atoms with van der Waals surface area (Å²) < 4.78 is 75.6. The van der Waals surface area contributed by atoms with Crippen molar-refractivity contribution < 1.29 is 44.6 Å². The van der Waals surface area contributed by atoms with Crippen molar-refractivity contribution in [3.63, 3.8) is 0 Å². The molecule has 0 fully saturated rings. The van der Waals surface area contributed by atoms with Gasteiger partial charge in [0.05, 0.1) is 49.1 Å². The molecule has 0 aliphatic carbocycles. The maximum atomic E-state index is 10.5. The van der Waals surface area contributed by atoms with Crippen molar-refractivity contribution in [1.29, 1.82) is 0 Å². The molecule has 0 bridgehead atoms. The minimum Gasteiger partial charge on any atom is -0.378 e. The zero-order valence-electron chi connectivity index (χ0n) is 30.4. The average molecular weight is 751 g/mol. The molecule has 278 valence electrons. The normalized spacial score (nSPS) is 14.0. The molecule has 4 aromatic rings. The van der Waals surface area contributed by atoms with Crippen molar-refractivity contribution in [2.45, 2.75) is 49.3 Å². The Bertz CT molecular complexity index is 1920. The molecule has 6 rings (SSSR count). The highest BCUT2D eigenvalue weighted by Crippen LogP contribution is 2.18. The molecule has 2 N–H and O–H groups in total. The number of hydrogen-bond donors (Lipinski definition) is 2. The first kappa shape index (κ1) is 40.7. The standard InChI is InChI=1S/C26H34N2O2.2C7H8O3S/c1-27-15-11-21-7-3-5-9-23(21)25(27)13-17-29-19-20-30-18-14-26-24-10-6-4-8-22(24)12-16-28(26)2;2*1-6-2-4-7(5-3-6)11(8,9)10/h3-10H,11-20H2,1-2H3;2*2-5H,1H3,(H,8,9,10)/q+2;;. The summed E-state index contributed by atoms with van der Waals surface area (Å²) in [6.45, 7) is 8.65. The summed E-state index contributed by atoms with van der Waals surface area (Å²) in [6.07, 6.45) is 4.16. The van der Waals surface area contributed by atoms with Gasteiger partial charge < -0.3 is 9.47 Å². The van der Waals surface area contributed by atoms with Crippen LogP contribution in [-0.4, -0.2) is 100 Å². The molecule has 0 saturated carbocycles. The fourth-order valence-electron chi connectivity index (χ4n) is 6.03. The Labute approximate surface area is 308 Å². The number of hydrogen-bond acceptors (Lipinski definition) is 6. The van der Waals surface area contributed by atoms with Gasteiger partial charge in [-0.3, -0.25) is 9.11 Å². The van der Waals surface area contributed by atoms with Crippen LogP contribution < -0.4 is 0 Å². The monoisotopic (exact) mass is 750 g/mol. The zero-order valence-corrected chi connectivity index (χ0v) is 32.0. The molecule has 2 aliphatic heterocycles. The minimum absolute atomic E-state index is 0.0666. The molecule has 4 aromatic carbocycles. The number of benzene rings is 4. The summed E-state index contributed by atoms with van der Waals surface area (Å²) in [4.78, 5) is -0.133. The van der Waals surface area contributed by atoms with Crippen molar-refractivity contribution in [3.05, 3.63) is 130 Å². The molecule has 0 aromatic heterocycles. The van der Waals surface area contributed by atoms with Gasteiger partial charge in [-0.2, -0.15) is 16.8 Å². The van der Waals surface area contributed by atoms with E-state index in [2.05, 4.69) is 71.8 Å². The second-order valence-corrected chi connectivity index (χ2v) is 15.7. The first-order chi connectivity index (χ1) is 24.7. The Morgan fingerprint density at radius 1 is 0.538 bits per heavy atom. The van der Waals surface area contributed by atoms with Crippen LogP contribution in [0.15, 0.2) is 107 Å². The molecule has 12 heteroatoms. The molecular weight excluding hydrogens is 701 g/mol. The number of aryl methyl sites for hydroxylation is 2. The SMILES string of the molecule is C[N+]1=C(CCOCCOCCC2=[N+](C)CCc3ccccc32)c2ccccc2CC1.Cc1ccc(S(=O)(=O)O)cc1.Cc1ccc(S(=O)(=O)O)cc1. The Balaban J connectivity index is 0.000000224. The highest BCUT2D eigenvalue weighted by molar-refractivity contribution is 7.86. The second kappa shape index (κ2) is 19.2. The van der Waals surface area contributed by atoms with Crippen LogP contribution in [0.25, 0.3) is 0 Å². The van der Waals surface area contributed by atoms with Crippen molar-refractivity contribution in [2.75, 3.05) is 53.6 Å². The lowest BCUT2D eigenvalue weighted by Crippen LogP contribution is -2.28. The minimum atomic E-state index is -4.02. The number of rotatable bonds is 11.